The first-order valence-corrected chi connectivity index (χ1v) is 11.8. The Morgan fingerprint density at radius 3 is 2.72 bits per heavy atom. The Labute approximate surface area is 193 Å². The van der Waals surface area contributed by atoms with Crippen molar-refractivity contribution in [2.45, 2.75) is 32.6 Å². The van der Waals surface area contributed by atoms with E-state index in [1.54, 1.807) is 23.8 Å². The van der Waals surface area contributed by atoms with Crippen LogP contribution >= 0.6 is 11.8 Å². The molecule has 0 bridgehead atoms. The Balaban J connectivity index is 1.66. The minimum absolute atomic E-state index is 0.0306. The van der Waals surface area contributed by atoms with E-state index in [1.807, 2.05) is 37.3 Å². The van der Waals surface area contributed by atoms with Gasteiger partial charge in [0, 0.05) is 18.0 Å². The fraction of sp³-hybridized carbons (Fsp3) is 0.360. The highest BCUT2D eigenvalue weighted by atomic mass is 32.2. The molecule has 1 fully saturated rings. The maximum Gasteiger partial charge on any atom is 0.229 e. The summed E-state index contributed by atoms with van der Waals surface area (Å²) in [5.41, 5.74) is 3.93. The standard InChI is InChI=1S/C25H27N3O3S/c1-4-17-8-6-7-9-21(17)27-15-28-24(29)13-19(20(14-26)25(28)32-16-27)18-10-11-22(31-5-2)23(12-18)30-3/h6-12,19H,4-5,13,15-16H2,1-3H3. The van der Waals surface area contributed by atoms with Crippen molar-refractivity contribution >= 4 is 23.4 Å². The topological polar surface area (TPSA) is 65.8 Å². The van der Waals surface area contributed by atoms with Crippen LogP contribution in [0.5, 0.6) is 11.5 Å². The predicted molar refractivity (Wildman–Crippen MR) is 127 cm³/mol. The van der Waals surface area contributed by atoms with Crippen LogP contribution in [-0.2, 0) is 11.2 Å². The molecule has 0 aromatic heterocycles. The number of ether oxygens (including phenoxy) is 2. The minimum atomic E-state index is -0.287. The van der Waals surface area contributed by atoms with E-state index in [-0.39, 0.29) is 18.2 Å². The second-order valence-corrected chi connectivity index (χ2v) is 8.62. The van der Waals surface area contributed by atoms with Gasteiger partial charge in [0.05, 0.1) is 42.9 Å². The Hall–Kier alpha value is -3.11. The zero-order valence-electron chi connectivity index (χ0n) is 18.6. The second kappa shape index (κ2) is 9.58. The van der Waals surface area contributed by atoms with Gasteiger partial charge in [0.1, 0.15) is 0 Å². The molecule has 166 valence electrons. The highest BCUT2D eigenvalue weighted by Crippen LogP contribution is 2.44. The van der Waals surface area contributed by atoms with Crippen molar-refractivity contribution in [1.29, 1.82) is 5.26 Å². The molecule has 1 atom stereocenters. The van der Waals surface area contributed by atoms with E-state index in [4.69, 9.17) is 9.47 Å². The second-order valence-electron chi connectivity index (χ2n) is 7.69. The van der Waals surface area contributed by atoms with Crippen molar-refractivity contribution in [2.75, 3.05) is 31.2 Å². The lowest BCUT2D eigenvalue weighted by molar-refractivity contribution is -0.129. The van der Waals surface area contributed by atoms with Crippen LogP contribution in [0.1, 0.15) is 37.3 Å². The molecule has 1 amide bonds. The number of benzene rings is 2. The van der Waals surface area contributed by atoms with Gasteiger partial charge in [-0.3, -0.25) is 9.69 Å². The highest BCUT2D eigenvalue weighted by Gasteiger charge is 2.38. The number of thioether (sulfide) groups is 1. The molecule has 0 N–H and O–H groups in total. The van der Waals surface area contributed by atoms with Crippen LogP contribution in [0.4, 0.5) is 5.69 Å². The molecule has 0 spiro atoms. The highest BCUT2D eigenvalue weighted by molar-refractivity contribution is 8.03. The fourth-order valence-corrected chi connectivity index (χ4v) is 5.45. The normalized spacial score (nSPS) is 18.3. The first-order chi connectivity index (χ1) is 15.6. The number of hydrogen-bond acceptors (Lipinski definition) is 6. The third-order valence-corrected chi connectivity index (χ3v) is 7.05. The van der Waals surface area contributed by atoms with E-state index in [9.17, 15) is 10.1 Å². The molecular formula is C25H27N3O3S. The number of aryl methyl sites for hydroxylation is 1. The van der Waals surface area contributed by atoms with Crippen molar-refractivity contribution in [3.8, 4) is 17.6 Å². The maximum absolute atomic E-state index is 13.2. The van der Waals surface area contributed by atoms with Gasteiger partial charge in [0.15, 0.2) is 11.5 Å². The number of amides is 1. The number of methoxy groups -OCH3 is 1. The molecule has 2 aliphatic heterocycles. The lowest BCUT2D eigenvalue weighted by Gasteiger charge is -2.42. The van der Waals surface area contributed by atoms with Crippen molar-refractivity contribution in [1.82, 2.24) is 4.90 Å². The molecule has 1 unspecified atom stereocenters. The van der Waals surface area contributed by atoms with Crippen LogP contribution in [0.2, 0.25) is 0 Å². The number of hydrogen-bond donors (Lipinski definition) is 0. The van der Waals surface area contributed by atoms with E-state index in [2.05, 4.69) is 30.0 Å². The summed E-state index contributed by atoms with van der Waals surface area (Å²) in [6, 6.07) is 16.4. The van der Waals surface area contributed by atoms with Crippen LogP contribution < -0.4 is 14.4 Å². The fourth-order valence-electron chi connectivity index (χ4n) is 4.29. The van der Waals surface area contributed by atoms with Gasteiger partial charge < -0.3 is 14.4 Å². The van der Waals surface area contributed by atoms with Crippen LogP contribution in [0.15, 0.2) is 53.1 Å². The molecule has 2 aromatic carbocycles. The number of para-hydroxylation sites is 1. The molecule has 7 heteroatoms. The molecule has 0 saturated carbocycles. The number of rotatable bonds is 6. The van der Waals surface area contributed by atoms with Gasteiger partial charge in [0.2, 0.25) is 5.91 Å². The van der Waals surface area contributed by atoms with Gasteiger partial charge >= 0.3 is 0 Å². The molecule has 0 radical (unpaired) electrons. The van der Waals surface area contributed by atoms with Crippen LogP contribution in [0, 0.1) is 11.3 Å². The van der Waals surface area contributed by atoms with Crippen molar-refractivity contribution in [2.24, 2.45) is 0 Å². The number of anilines is 1. The van der Waals surface area contributed by atoms with E-state index in [0.29, 0.717) is 36.2 Å². The number of fused-ring (bicyclic) bond motifs is 1. The van der Waals surface area contributed by atoms with E-state index in [0.717, 1.165) is 22.7 Å². The molecule has 1 saturated heterocycles. The largest absolute Gasteiger partial charge is 0.493 e. The average molecular weight is 450 g/mol. The smallest absolute Gasteiger partial charge is 0.229 e. The molecular weight excluding hydrogens is 422 g/mol. The molecule has 2 heterocycles. The monoisotopic (exact) mass is 449 g/mol. The summed E-state index contributed by atoms with van der Waals surface area (Å²) in [5, 5.41) is 10.8. The van der Waals surface area contributed by atoms with E-state index >= 15 is 0 Å². The van der Waals surface area contributed by atoms with Gasteiger partial charge in [-0.25, -0.2) is 0 Å². The zero-order valence-corrected chi connectivity index (χ0v) is 19.4. The Kier molecular flexibility index (Phi) is 6.61. The Bertz CT molecular complexity index is 1090. The van der Waals surface area contributed by atoms with Gasteiger partial charge in [-0.1, -0.05) is 43.0 Å². The SMILES string of the molecule is CCOc1ccc(C2CC(=O)N3CN(c4ccccc4CC)CSC3=C2C#N)cc1OC. The quantitative estimate of drug-likeness (QED) is 0.627. The Morgan fingerprint density at radius 2 is 2.00 bits per heavy atom. The summed E-state index contributed by atoms with van der Waals surface area (Å²) in [5.74, 6) is 1.71. The van der Waals surface area contributed by atoms with Crippen LogP contribution in [0.25, 0.3) is 0 Å². The summed E-state index contributed by atoms with van der Waals surface area (Å²) >= 11 is 1.56. The van der Waals surface area contributed by atoms with Gasteiger partial charge in [-0.15, -0.1) is 0 Å². The predicted octanol–water partition coefficient (Wildman–Crippen LogP) is 4.88. The van der Waals surface area contributed by atoms with Crippen molar-refractivity contribution < 1.29 is 14.3 Å². The number of carbonyl (C=O) groups excluding carboxylic acids is 1. The van der Waals surface area contributed by atoms with Crippen LogP contribution in [0.3, 0.4) is 0 Å². The molecule has 4 rings (SSSR count). The molecule has 0 aliphatic carbocycles. The Morgan fingerprint density at radius 1 is 1.19 bits per heavy atom. The summed E-state index contributed by atoms with van der Waals surface area (Å²) in [4.78, 5) is 17.2. The molecule has 2 aliphatic rings. The number of nitrogens with zero attached hydrogens (tertiary/aromatic N) is 3. The van der Waals surface area contributed by atoms with Crippen molar-refractivity contribution in [3.05, 3.63) is 64.2 Å². The van der Waals surface area contributed by atoms with Gasteiger partial charge in [0.25, 0.3) is 0 Å². The summed E-state index contributed by atoms with van der Waals surface area (Å²) in [7, 11) is 1.60. The number of allylic oxidation sites excluding steroid dienone is 1. The third-order valence-electron chi connectivity index (χ3n) is 5.90. The zero-order chi connectivity index (χ0) is 22.7. The van der Waals surface area contributed by atoms with Crippen LogP contribution in [-0.4, -0.2) is 37.1 Å². The molecule has 32 heavy (non-hydrogen) atoms. The molecule has 2 aromatic rings. The number of carbonyl (C=O) groups is 1. The average Bonchev–Trinajstić information content (AvgIpc) is 2.84. The summed E-state index contributed by atoms with van der Waals surface area (Å²) in [6.07, 6.45) is 1.19. The lowest BCUT2D eigenvalue weighted by atomic mass is 9.86. The summed E-state index contributed by atoms with van der Waals surface area (Å²) < 4.78 is 11.1. The molecule has 6 nitrogen and oxygen atoms in total. The minimum Gasteiger partial charge on any atom is -0.493 e. The first-order valence-electron chi connectivity index (χ1n) is 10.8. The van der Waals surface area contributed by atoms with Crippen molar-refractivity contribution in [3.63, 3.8) is 0 Å². The van der Waals surface area contributed by atoms with E-state index in [1.165, 1.54) is 5.56 Å². The third kappa shape index (κ3) is 4.03. The van der Waals surface area contributed by atoms with Gasteiger partial charge in [-0.05, 0) is 42.7 Å². The first kappa shape index (κ1) is 22.1. The van der Waals surface area contributed by atoms with E-state index < -0.39 is 0 Å². The maximum atomic E-state index is 13.2. The summed E-state index contributed by atoms with van der Waals surface area (Å²) in [6.45, 7) is 5.05. The number of nitriles is 1. The lowest BCUT2D eigenvalue weighted by Crippen LogP contribution is -2.47. The van der Waals surface area contributed by atoms with Gasteiger partial charge in [-0.2, -0.15) is 5.26 Å².